The van der Waals surface area contributed by atoms with E-state index in [1.807, 2.05) is 0 Å². The molecule has 306 valence electrons. The van der Waals surface area contributed by atoms with E-state index in [1.54, 1.807) is 0 Å². The molecular formula is C60H38N4Pt+2. The molecule has 0 radical (unpaired) electrons. The summed E-state index contributed by atoms with van der Waals surface area (Å²) in [6.07, 6.45) is 0. The maximum absolute atomic E-state index is 5.89. The summed E-state index contributed by atoms with van der Waals surface area (Å²) >= 11 is 0. The summed E-state index contributed by atoms with van der Waals surface area (Å²) in [5.41, 5.74) is 20.5. The normalized spacial score (nSPS) is 11.6. The molecule has 0 atom stereocenters. The van der Waals surface area contributed by atoms with Crippen LogP contribution in [0.2, 0.25) is 0 Å². The van der Waals surface area contributed by atoms with Crippen molar-refractivity contribution >= 4 is 43.6 Å². The van der Waals surface area contributed by atoms with Crippen LogP contribution in [0, 0.1) is 0 Å². The SMILES string of the molecule is [Pt+2].c1ccc(-c2c3nc(c(-c4ccccc4)c4[nH]c(c(-c5ccccc5)c5nc(c(-c6ccccc6)c6[nH]c2c2ccccc62)-c2ccccc2-5)c2ccccc42)-c2ccccc2-3)cc1. The number of hydrogen-bond acceptors (Lipinski definition) is 2. The van der Waals surface area contributed by atoms with Crippen molar-refractivity contribution in [3.05, 3.63) is 218 Å². The van der Waals surface area contributed by atoms with E-state index in [0.717, 1.165) is 133 Å². The minimum atomic E-state index is 0. The summed E-state index contributed by atoms with van der Waals surface area (Å²) in [7, 11) is 0. The van der Waals surface area contributed by atoms with E-state index in [-0.39, 0.29) is 21.1 Å². The van der Waals surface area contributed by atoms with Gasteiger partial charge in [-0.2, -0.15) is 0 Å². The van der Waals surface area contributed by atoms with Crippen LogP contribution in [-0.4, -0.2) is 19.9 Å². The second-order valence-corrected chi connectivity index (χ2v) is 16.5. The van der Waals surface area contributed by atoms with Crippen LogP contribution < -0.4 is 0 Å². The van der Waals surface area contributed by atoms with Crippen LogP contribution >= 0.6 is 0 Å². The van der Waals surface area contributed by atoms with Gasteiger partial charge >= 0.3 is 21.1 Å². The molecule has 5 heteroatoms. The van der Waals surface area contributed by atoms with Crippen molar-refractivity contribution < 1.29 is 21.1 Å². The van der Waals surface area contributed by atoms with Gasteiger partial charge in [0.1, 0.15) is 0 Å². The summed E-state index contributed by atoms with van der Waals surface area (Å²) in [5.74, 6) is 0. The zero-order valence-corrected chi connectivity index (χ0v) is 37.3. The van der Waals surface area contributed by atoms with E-state index in [4.69, 9.17) is 9.97 Å². The second kappa shape index (κ2) is 15.7. The zero-order valence-electron chi connectivity index (χ0n) is 35.0. The average Bonchev–Trinajstić information content (AvgIpc) is 4.14. The summed E-state index contributed by atoms with van der Waals surface area (Å²) in [6.45, 7) is 0. The second-order valence-electron chi connectivity index (χ2n) is 16.5. The molecule has 4 nitrogen and oxygen atoms in total. The van der Waals surface area contributed by atoms with E-state index in [9.17, 15) is 0 Å². The largest absolute Gasteiger partial charge is 2.00 e. The van der Waals surface area contributed by atoms with Gasteiger partial charge in [-0.15, -0.1) is 0 Å². The van der Waals surface area contributed by atoms with E-state index >= 15 is 0 Å². The van der Waals surface area contributed by atoms with Crippen LogP contribution in [0.15, 0.2) is 218 Å². The molecule has 2 N–H and O–H groups in total. The van der Waals surface area contributed by atoms with Gasteiger partial charge in [-0.25, -0.2) is 9.97 Å². The molecular weight excluding hydrogens is 972 g/mol. The van der Waals surface area contributed by atoms with Gasteiger partial charge in [0.15, 0.2) is 0 Å². The molecule has 0 fully saturated rings. The number of H-pyrrole nitrogens is 2. The van der Waals surface area contributed by atoms with Crippen LogP contribution in [0.3, 0.4) is 0 Å². The molecule has 1 aliphatic carbocycles. The van der Waals surface area contributed by atoms with Gasteiger partial charge < -0.3 is 9.97 Å². The van der Waals surface area contributed by atoms with E-state index in [0.29, 0.717) is 0 Å². The Balaban J connectivity index is 0.00000444. The van der Waals surface area contributed by atoms with Crippen LogP contribution in [0.1, 0.15) is 0 Å². The number of aromatic amines is 2. The van der Waals surface area contributed by atoms with Crippen LogP contribution in [0.5, 0.6) is 0 Å². The third kappa shape index (κ3) is 6.09. The molecule has 65 heavy (non-hydrogen) atoms. The summed E-state index contributed by atoms with van der Waals surface area (Å²) in [5, 5.41) is 4.45. The van der Waals surface area contributed by atoms with Crippen molar-refractivity contribution in [2.45, 2.75) is 0 Å². The molecule has 2 aromatic heterocycles. The minimum Gasteiger partial charge on any atom is -0.353 e. The monoisotopic (exact) mass is 1010 g/mol. The Bertz CT molecular complexity index is 3320. The maximum atomic E-state index is 5.89. The number of nitrogens with zero attached hydrogens (tertiary/aromatic N) is 2. The molecule has 0 saturated carbocycles. The van der Waals surface area contributed by atoms with E-state index in [1.165, 1.54) is 0 Å². The minimum absolute atomic E-state index is 0. The summed E-state index contributed by atoms with van der Waals surface area (Å²) < 4.78 is 0. The fourth-order valence-electron chi connectivity index (χ4n) is 10.2. The first-order valence-corrected chi connectivity index (χ1v) is 21.8. The predicted molar refractivity (Wildman–Crippen MR) is 267 cm³/mol. The van der Waals surface area contributed by atoms with Crippen molar-refractivity contribution in [3.8, 4) is 89.5 Å². The first kappa shape index (κ1) is 38.7. The smallest absolute Gasteiger partial charge is 0.353 e. The van der Waals surface area contributed by atoms with E-state index < -0.39 is 0 Å². The third-order valence-electron chi connectivity index (χ3n) is 13.0. The van der Waals surface area contributed by atoms with Crippen molar-refractivity contribution in [3.63, 3.8) is 0 Å². The number of aromatic nitrogens is 4. The van der Waals surface area contributed by atoms with Crippen LogP contribution in [0.4, 0.5) is 0 Å². The van der Waals surface area contributed by atoms with Gasteiger partial charge in [-0.3, -0.25) is 0 Å². The topological polar surface area (TPSA) is 57.4 Å². The Morgan fingerprint density at radius 2 is 0.431 bits per heavy atom. The first-order chi connectivity index (χ1) is 31.8. The average molecular weight is 1010 g/mol. The Kier molecular flexibility index (Phi) is 9.36. The molecule has 0 spiro atoms. The Hall–Kier alpha value is -7.91. The van der Waals surface area contributed by atoms with Gasteiger partial charge in [0.05, 0.1) is 44.8 Å². The number of hydrogen-bond donors (Lipinski definition) is 2. The van der Waals surface area contributed by atoms with Crippen molar-refractivity contribution in [2.24, 2.45) is 0 Å². The molecule has 0 unspecified atom stereocenters. The molecule has 13 rings (SSSR count). The molecule has 3 aliphatic rings. The van der Waals surface area contributed by atoms with Gasteiger partial charge in [-0.1, -0.05) is 218 Å². The standard InChI is InChI=1S/C60H38N4.Pt/c1-5-21-37(22-6-1)49-53-41-29-13-15-31-43(41)55(61-53)50(38-23-7-2-8-24-38)57-45-33-17-19-35-47(45)59(63-57)52(40-27-11-4-12-28-40)60-48-36-20-18-34-46(48)58(64-60)51(39-25-9-3-10-26-39)56-44-32-16-14-30-42(44)54(49)62-56;/h1-36,61,64H;/q;+2. The number of nitrogens with one attached hydrogen (secondary N) is 2. The maximum Gasteiger partial charge on any atom is 2.00 e. The molecule has 8 aromatic carbocycles. The van der Waals surface area contributed by atoms with Crippen molar-refractivity contribution in [1.82, 2.24) is 19.9 Å². The van der Waals surface area contributed by atoms with Crippen LogP contribution in [-0.2, 0) is 21.1 Å². The fourth-order valence-corrected chi connectivity index (χ4v) is 10.2. The molecule has 8 bridgehead atoms. The van der Waals surface area contributed by atoms with Crippen molar-refractivity contribution in [1.29, 1.82) is 0 Å². The van der Waals surface area contributed by atoms with Gasteiger partial charge in [0, 0.05) is 66.1 Å². The van der Waals surface area contributed by atoms with Gasteiger partial charge in [0.25, 0.3) is 0 Å². The summed E-state index contributed by atoms with van der Waals surface area (Å²) in [4.78, 5) is 20.0. The molecule has 2 aliphatic heterocycles. The van der Waals surface area contributed by atoms with Gasteiger partial charge in [0.2, 0.25) is 0 Å². The number of benzene rings is 8. The molecule has 0 saturated heterocycles. The fraction of sp³-hybridized carbons (Fsp3) is 0. The molecule has 4 heterocycles. The molecule has 10 aromatic rings. The van der Waals surface area contributed by atoms with Crippen LogP contribution in [0.25, 0.3) is 133 Å². The van der Waals surface area contributed by atoms with Crippen molar-refractivity contribution in [2.75, 3.05) is 0 Å². The Labute approximate surface area is 390 Å². The Morgan fingerprint density at radius 1 is 0.231 bits per heavy atom. The zero-order chi connectivity index (χ0) is 42.1. The quantitative estimate of drug-likeness (QED) is 0.185. The summed E-state index contributed by atoms with van der Waals surface area (Å²) in [6, 6.07) is 78.0. The molecule has 0 amide bonds. The first-order valence-electron chi connectivity index (χ1n) is 21.8. The predicted octanol–water partition coefficient (Wildman–Crippen LogP) is 16.0. The van der Waals surface area contributed by atoms with Gasteiger partial charge in [-0.05, 0) is 22.3 Å². The Morgan fingerprint density at radius 3 is 0.662 bits per heavy atom. The number of rotatable bonds is 4. The third-order valence-corrected chi connectivity index (χ3v) is 13.0. The van der Waals surface area contributed by atoms with E-state index in [2.05, 4.69) is 228 Å².